The molecule has 3 rings (SSSR count). The number of carbonyl (C=O) groups is 3. The Morgan fingerprint density at radius 1 is 0.721 bits per heavy atom. The second-order valence-electron chi connectivity index (χ2n) is 8.47. The van der Waals surface area contributed by atoms with Gasteiger partial charge in [-0.05, 0) is 25.7 Å². The van der Waals surface area contributed by atoms with Crippen LogP contribution in [0.1, 0.15) is 46.7 Å². The maximum Gasteiger partial charge on any atom is 0.490 e. The monoisotopic (exact) mass is 652 g/mol. The fraction of sp³-hybridized carbons (Fsp3) is 0.350. The van der Waals surface area contributed by atoms with Crippen LogP contribution >= 0.6 is 23.2 Å². The molecule has 0 unspecified atom stereocenters. The SMILES string of the molecule is NC(=NC1CCC(N=C(N)NC(=O)c2nc(Cl)c(N)nc2N)CC1)NC(=O)c1nc(Cl)c(N)nc1N.O=C(O)C(F)(F)F. The Morgan fingerprint density at radius 3 is 1.30 bits per heavy atom. The number of guanidine groups is 2. The number of hydrogen-bond acceptors (Lipinski definition) is 13. The normalized spacial score (nSPS) is 17.3. The van der Waals surface area contributed by atoms with Gasteiger partial charge in [-0.15, -0.1) is 0 Å². The number of halogens is 5. The van der Waals surface area contributed by atoms with E-state index in [4.69, 9.17) is 67.5 Å². The van der Waals surface area contributed by atoms with Gasteiger partial charge in [-0.1, -0.05) is 23.2 Å². The fourth-order valence-corrected chi connectivity index (χ4v) is 3.60. The third-order valence-corrected chi connectivity index (χ3v) is 5.83. The van der Waals surface area contributed by atoms with Crippen LogP contribution in [0.3, 0.4) is 0 Å². The topological polar surface area (TPSA) is 328 Å². The molecule has 0 radical (unpaired) electrons. The Balaban J connectivity index is 0.000000821. The summed E-state index contributed by atoms with van der Waals surface area (Å²) in [4.78, 5) is 57.3. The summed E-state index contributed by atoms with van der Waals surface area (Å²) in [5, 5.41) is 11.6. The van der Waals surface area contributed by atoms with Gasteiger partial charge >= 0.3 is 12.1 Å². The molecule has 1 saturated carbocycles. The quantitative estimate of drug-likeness (QED) is 0.150. The van der Waals surface area contributed by atoms with Gasteiger partial charge in [-0.2, -0.15) is 13.2 Å². The molecule has 234 valence electrons. The van der Waals surface area contributed by atoms with Crippen LogP contribution in [0.5, 0.6) is 0 Å². The van der Waals surface area contributed by atoms with Crippen molar-refractivity contribution in [2.45, 2.75) is 43.9 Å². The first kappa shape index (κ1) is 34.3. The van der Waals surface area contributed by atoms with E-state index in [9.17, 15) is 22.8 Å². The highest BCUT2D eigenvalue weighted by Gasteiger charge is 2.38. The van der Waals surface area contributed by atoms with Crippen molar-refractivity contribution in [3.63, 3.8) is 0 Å². The molecule has 1 fully saturated rings. The van der Waals surface area contributed by atoms with Crippen molar-refractivity contribution in [3.8, 4) is 0 Å². The first-order valence-electron chi connectivity index (χ1n) is 11.6. The van der Waals surface area contributed by atoms with Gasteiger partial charge in [0.1, 0.15) is 0 Å². The predicted octanol–water partition coefficient (Wildman–Crippen LogP) is -0.364. The van der Waals surface area contributed by atoms with Crippen molar-refractivity contribution in [1.29, 1.82) is 0 Å². The molecule has 1 aliphatic rings. The molecular formula is C20H25Cl2F3N14O4. The molecule has 2 aromatic heterocycles. The van der Waals surface area contributed by atoms with E-state index in [1.54, 1.807) is 0 Å². The van der Waals surface area contributed by atoms with E-state index in [0.29, 0.717) is 25.7 Å². The molecule has 0 spiro atoms. The van der Waals surface area contributed by atoms with Gasteiger partial charge in [0.05, 0.1) is 12.1 Å². The Labute approximate surface area is 249 Å². The first-order chi connectivity index (χ1) is 19.9. The number of nitrogens with zero attached hydrogens (tertiary/aromatic N) is 6. The summed E-state index contributed by atoms with van der Waals surface area (Å²) in [5.41, 5.74) is 33.6. The molecule has 0 saturated heterocycles. The van der Waals surface area contributed by atoms with Crippen molar-refractivity contribution in [2.24, 2.45) is 21.5 Å². The number of nitrogen functional groups attached to an aromatic ring is 4. The number of hydrogen-bond donors (Lipinski definition) is 9. The van der Waals surface area contributed by atoms with Crippen LogP contribution in [0.4, 0.5) is 36.4 Å². The third-order valence-electron chi connectivity index (χ3n) is 5.28. The van der Waals surface area contributed by atoms with Gasteiger partial charge in [-0.3, -0.25) is 20.2 Å². The van der Waals surface area contributed by atoms with E-state index in [-0.39, 0.29) is 69.0 Å². The van der Waals surface area contributed by atoms with E-state index in [2.05, 4.69) is 40.6 Å². The van der Waals surface area contributed by atoms with E-state index >= 15 is 0 Å². The molecule has 0 aromatic carbocycles. The summed E-state index contributed by atoms with van der Waals surface area (Å²) in [6, 6.07) is -0.337. The molecule has 2 amide bonds. The van der Waals surface area contributed by atoms with E-state index in [1.165, 1.54) is 0 Å². The minimum Gasteiger partial charge on any atom is -0.475 e. The second-order valence-corrected chi connectivity index (χ2v) is 9.19. The van der Waals surface area contributed by atoms with Gasteiger partial charge in [0.2, 0.25) is 0 Å². The van der Waals surface area contributed by atoms with Crippen LogP contribution in [-0.2, 0) is 4.79 Å². The molecule has 2 aromatic rings. The molecule has 0 aliphatic heterocycles. The number of aliphatic imine (C=N–C) groups is 2. The van der Waals surface area contributed by atoms with Crippen molar-refractivity contribution in [2.75, 3.05) is 22.9 Å². The smallest absolute Gasteiger partial charge is 0.475 e. The lowest BCUT2D eigenvalue weighted by Gasteiger charge is -2.24. The maximum absolute atomic E-state index is 12.4. The van der Waals surface area contributed by atoms with Crippen LogP contribution < -0.4 is 45.0 Å². The lowest BCUT2D eigenvalue weighted by Crippen LogP contribution is -2.40. The predicted molar refractivity (Wildman–Crippen MR) is 150 cm³/mol. The summed E-state index contributed by atoms with van der Waals surface area (Å²) in [6.07, 6.45) is -2.66. The Kier molecular flexibility index (Phi) is 11.4. The number of alkyl halides is 3. The lowest BCUT2D eigenvalue weighted by molar-refractivity contribution is -0.192. The zero-order valence-electron chi connectivity index (χ0n) is 21.7. The maximum atomic E-state index is 12.4. The number of carbonyl (C=O) groups excluding carboxylic acids is 2. The number of nitrogens with one attached hydrogen (secondary N) is 2. The van der Waals surface area contributed by atoms with Gasteiger partial charge < -0.3 is 39.5 Å². The van der Waals surface area contributed by atoms with Crippen molar-refractivity contribution in [1.82, 2.24) is 30.6 Å². The second kappa shape index (κ2) is 14.3. The summed E-state index contributed by atoms with van der Waals surface area (Å²) in [6.45, 7) is 0. The molecule has 0 bridgehead atoms. The summed E-state index contributed by atoms with van der Waals surface area (Å²) >= 11 is 11.6. The highest BCUT2D eigenvalue weighted by atomic mass is 35.5. The molecule has 1 aliphatic carbocycles. The van der Waals surface area contributed by atoms with Crippen LogP contribution in [0, 0.1) is 0 Å². The third kappa shape index (κ3) is 10.1. The number of aliphatic carboxylic acids is 1. The van der Waals surface area contributed by atoms with E-state index in [1.807, 2.05) is 0 Å². The zero-order chi connectivity index (χ0) is 32.6. The van der Waals surface area contributed by atoms with Crippen molar-refractivity contribution >= 4 is 76.2 Å². The number of carboxylic acids is 1. The summed E-state index contributed by atoms with van der Waals surface area (Å²) in [7, 11) is 0. The lowest BCUT2D eigenvalue weighted by atomic mass is 9.92. The van der Waals surface area contributed by atoms with E-state index < -0.39 is 24.0 Å². The van der Waals surface area contributed by atoms with Gasteiger partial charge in [-0.25, -0.2) is 34.7 Å². The van der Waals surface area contributed by atoms with Crippen LogP contribution in [0.15, 0.2) is 9.98 Å². The van der Waals surface area contributed by atoms with Crippen LogP contribution in [-0.4, -0.2) is 73.0 Å². The molecule has 43 heavy (non-hydrogen) atoms. The summed E-state index contributed by atoms with van der Waals surface area (Å²) < 4.78 is 31.7. The van der Waals surface area contributed by atoms with Gasteiger partial charge in [0.25, 0.3) is 11.8 Å². The molecule has 18 nitrogen and oxygen atoms in total. The van der Waals surface area contributed by atoms with Crippen LogP contribution in [0.25, 0.3) is 0 Å². The zero-order valence-corrected chi connectivity index (χ0v) is 23.2. The number of carboxylic acid groups (broad SMARTS) is 1. The highest BCUT2D eigenvalue weighted by molar-refractivity contribution is 6.32. The first-order valence-corrected chi connectivity index (χ1v) is 12.4. The minimum atomic E-state index is -5.08. The minimum absolute atomic E-state index is 0.0977. The van der Waals surface area contributed by atoms with Gasteiger partial charge in [0, 0.05) is 0 Å². The van der Waals surface area contributed by atoms with E-state index in [0.717, 1.165) is 0 Å². The Morgan fingerprint density at radius 2 is 1.02 bits per heavy atom. The molecular weight excluding hydrogens is 628 g/mol. The van der Waals surface area contributed by atoms with Crippen molar-refractivity contribution in [3.05, 3.63) is 21.7 Å². The molecule has 15 N–H and O–H groups in total. The number of aromatic nitrogens is 4. The fourth-order valence-electron chi connectivity index (χ4n) is 3.34. The number of nitrogens with two attached hydrogens (primary N) is 6. The highest BCUT2D eigenvalue weighted by Crippen LogP contribution is 2.24. The average molecular weight is 653 g/mol. The van der Waals surface area contributed by atoms with Crippen molar-refractivity contribution < 1.29 is 32.7 Å². The standard InChI is InChI=1S/C18H24Cl2N14O2.C2HF3O2/c19-9-13(23)31-11(21)7(29-9)15(35)33-17(25)27-5-1-2-6(4-3-5)28-18(26)34-16(36)8-12(22)32-14(24)10(20)30-8;3-2(4,5)1(6)7/h5-6H,1-4H2,(H4,21,23,31)(H4,22,24,32)(H3,25,27,33,35)(H3,26,28,34,36);(H,6,7). The molecule has 0 atom stereocenters. The average Bonchev–Trinajstić information content (AvgIpc) is 2.89. The number of amides is 2. The Hall–Kier alpha value is -4.92. The van der Waals surface area contributed by atoms with Gasteiger partial charge in [0.15, 0.2) is 56.9 Å². The largest absolute Gasteiger partial charge is 0.490 e. The number of anilines is 4. The molecule has 23 heteroatoms. The Bertz CT molecular complexity index is 1350. The van der Waals surface area contributed by atoms with Crippen LogP contribution in [0.2, 0.25) is 10.3 Å². The summed E-state index contributed by atoms with van der Waals surface area (Å²) in [5.74, 6) is -5.02. The number of rotatable bonds is 4. The molecule has 2 heterocycles.